The summed E-state index contributed by atoms with van der Waals surface area (Å²) in [6.45, 7) is 7.07. The van der Waals surface area contributed by atoms with Gasteiger partial charge < -0.3 is 15.2 Å². The van der Waals surface area contributed by atoms with Crippen LogP contribution < -0.4 is 10.1 Å². The molecule has 0 aliphatic heterocycles. The molecule has 0 aliphatic rings. The fourth-order valence-corrected chi connectivity index (χ4v) is 1.29. The van der Waals surface area contributed by atoms with E-state index in [1.54, 1.807) is 19.2 Å². The van der Waals surface area contributed by atoms with E-state index < -0.39 is 0 Å². The van der Waals surface area contributed by atoms with E-state index in [0.717, 1.165) is 17.7 Å². The van der Waals surface area contributed by atoms with Crippen molar-refractivity contribution in [3.05, 3.63) is 23.8 Å². The Balaban J connectivity index is 2.73. The minimum Gasteiger partial charge on any atom is -0.508 e. The van der Waals surface area contributed by atoms with Gasteiger partial charge in [-0.25, -0.2) is 0 Å². The lowest BCUT2D eigenvalue weighted by Gasteiger charge is -2.24. The molecule has 0 unspecified atom stereocenters. The van der Waals surface area contributed by atoms with E-state index in [1.807, 2.05) is 6.07 Å². The minimum absolute atomic E-state index is 0.0789. The van der Waals surface area contributed by atoms with Crippen molar-refractivity contribution in [3.63, 3.8) is 0 Å². The third-order valence-electron chi connectivity index (χ3n) is 2.93. The molecule has 0 spiro atoms. The summed E-state index contributed by atoms with van der Waals surface area (Å²) < 4.78 is 5.13. The highest BCUT2D eigenvalue weighted by molar-refractivity contribution is 5.39. The number of phenols is 1. The van der Waals surface area contributed by atoms with E-state index in [1.165, 1.54) is 0 Å². The summed E-state index contributed by atoms with van der Waals surface area (Å²) in [5.74, 6) is 1.07. The second-order valence-corrected chi connectivity index (χ2v) is 4.59. The van der Waals surface area contributed by atoms with Crippen molar-refractivity contribution in [1.29, 1.82) is 0 Å². The van der Waals surface area contributed by atoms with Gasteiger partial charge in [0.15, 0.2) is 0 Å². The maximum absolute atomic E-state index is 9.70. The molecule has 2 N–H and O–H groups in total. The van der Waals surface area contributed by atoms with Gasteiger partial charge in [0.25, 0.3) is 0 Å². The molecule has 90 valence electrons. The van der Waals surface area contributed by atoms with Crippen LogP contribution >= 0.6 is 0 Å². The summed E-state index contributed by atoms with van der Waals surface area (Å²) in [7, 11) is 1.62. The quantitative estimate of drug-likeness (QED) is 0.806. The standard InChI is InChI=1S/C13H21NO2/c1-5-13(2,3)14-9-10-8-11(16-4)6-7-12(10)15/h6-8,14-15H,5,9H2,1-4H3. The van der Waals surface area contributed by atoms with Crippen LogP contribution in [0.5, 0.6) is 11.5 Å². The largest absolute Gasteiger partial charge is 0.508 e. The zero-order valence-corrected chi connectivity index (χ0v) is 10.5. The zero-order valence-electron chi connectivity index (χ0n) is 10.5. The van der Waals surface area contributed by atoms with E-state index in [9.17, 15) is 5.11 Å². The van der Waals surface area contributed by atoms with Crippen LogP contribution in [0, 0.1) is 0 Å². The maximum Gasteiger partial charge on any atom is 0.120 e. The highest BCUT2D eigenvalue weighted by Gasteiger charge is 2.14. The highest BCUT2D eigenvalue weighted by atomic mass is 16.5. The summed E-state index contributed by atoms with van der Waals surface area (Å²) in [6.07, 6.45) is 1.04. The Labute approximate surface area is 97.4 Å². The van der Waals surface area contributed by atoms with Gasteiger partial charge in [-0.2, -0.15) is 0 Å². The Hall–Kier alpha value is -1.22. The topological polar surface area (TPSA) is 41.5 Å². The summed E-state index contributed by atoms with van der Waals surface area (Å²) in [5.41, 5.74) is 0.941. The van der Waals surface area contributed by atoms with Crippen molar-refractivity contribution in [1.82, 2.24) is 5.32 Å². The number of phenolic OH excluding ortho intramolecular Hbond substituents is 1. The van der Waals surface area contributed by atoms with Gasteiger partial charge in [0.05, 0.1) is 7.11 Å². The van der Waals surface area contributed by atoms with E-state index >= 15 is 0 Å². The van der Waals surface area contributed by atoms with E-state index in [4.69, 9.17) is 4.74 Å². The highest BCUT2D eigenvalue weighted by Crippen LogP contribution is 2.23. The van der Waals surface area contributed by atoms with Gasteiger partial charge in [0.2, 0.25) is 0 Å². The van der Waals surface area contributed by atoms with Crippen molar-refractivity contribution in [2.75, 3.05) is 7.11 Å². The van der Waals surface area contributed by atoms with Gasteiger partial charge in [0, 0.05) is 17.6 Å². The molecular formula is C13H21NO2. The first-order chi connectivity index (χ1) is 7.48. The Kier molecular flexibility index (Phi) is 4.19. The van der Waals surface area contributed by atoms with E-state index in [2.05, 4.69) is 26.1 Å². The monoisotopic (exact) mass is 223 g/mol. The van der Waals surface area contributed by atoms with Gasteiger partial charge in [-0.3, -0.25) is 0 Å². The molecule has 0 heterocycles. The number of nitrogens with one attached hydrogen (secondary N) is 1. The number of hydrogen-bond acceptors (Lipinski definition) is 3. The molecule has 0 atom stereocenters. The molecule has 0 fully saturated rings. The van der Waals surface area contributed by atoms with Gasteiger partial charge in [-0.1, -0.05) is 6.92 Å². The molecule has 0 aromatic heterocycles. The number of rotatable bonds is 5. The minimum atomic E-state index is 0.0789. The molecule has 1 aromatic carbocycles. The lowest BCUT2D eigenvalue weighted by Crippen LogP contribution is -2.37. The van der Waals surface area contributed by atoms with Crippen LogP contribution in [0.15, 0.2) is 18.2 Å². The number of methoxy groups -OCH3 is 1. The number of ether oxygens (including phenoxy) is 1. The molecule has 1 rings (SSSR count). The number of hydrogen-bond donors (Lipinski definition) is 2. The second kappa shape index (κ2) is 5.21. The molecule has 0 saturated carbocycles. The average molecular weight is 223 g/mol. The molecule has 0 radical (unpaired) electrons. The first-order valence-corrected chi connectivity index (χ1v) is 5.59. The third kappa shape index (κ3) is 3.42. The van der Waals surface area contributed by atoms with Crippen LogP contribution in [-0.2, 0) is 6.54 Å². The van der Waals surface area contributed by atoms with Crippen LogP contribution in [0.1, 0.15) is 32.8 Å². The zero-order chi connectivity index (χ0) is 12.2. The Morgan fingerprint density at radius 1 is 1.38 bits per heavy atom. The second-order valence-electron chi connectivity index (χ2n) is 4.59. The Morgan fingerprint density at radius 2 is 2.06 bits per heavy atom. The molecule has 0 aliphatic carbocycles. The average Bonchev–Trinajstić information content (AvgIpc) is 2.28. The van der Waals surface area contributed by atoms with Crippen molar-refractivity contribution in [3.8, 4) is 11.5 Å². The van der Waals surface area contributed by atoms with Crippen molar-refractivity contribution < 1.29 is 9.84 Å². The molecule has 3 heteroatoms. The van der Waals surface area contributed by atoms with Gasteiger partial charge >= 0.3 is 0 Å². The van der Waals surface area contributed by atoms with Crippen LogP contribution in [0.3, 0.4) is 0 Å². The maximum atomic E-state index is 9.70. The van der Waals surface area contributed by atoms with Crippen LogP contribution in [0.4, 0.5) is 0 Å². The Bertz CT molecular complexity index is 348. The molecule has 0 bridgehead atoms. The number of benzene rings is 1. The van der Waals surface area contributed by atoms with Crippen LogP contribution in [0.2, 0.25) is 0 Å². The normalized spacial score (nSPS) is 11.5. The molecule has 3 nitrogen and oxygen atoms in total. The van der Waals surface area contributed by atoms with Gasteiger partial charge in [-0.05, 0) is 38.5 Å². The lowest BCUT2D eigenvalue weighted by molar-refractivity contribution is 0.367. The molecule has 0 amide bonds. The van der Waals surface area contributed by atoms with Gasteiger partial charge in [0.1, 0.15) is 11.5 Å². The molecule has 16 heavy (non-hydrogen) atoms. The predicted octanol–water partition coefficient (Wildman–Crippen LogP) is 2.68. The lowest BCUT2D eigenvalue weighted by atomic mass is 10.0. The number of aromatic hydroxyl groups is 1. The van der Waals surface area contributed by atoms with Crippen molar-refractivity contribution in [2.24, 2.45) is 0 Å². The predicted molar refractivity (Wildman–Crippen MR) is 65.9 cm³/mol. The molecule has 0 saturated heterocycles. The summed E-state index contributed by atoms with van der Waals surface area (Å²) >= 11 is 0. The van der Waals surface area contributed by atoms with Crippen LogP contribution in [-0.4, -0.2) is 17.8 Å². The van der Waals surface area contributed by atoms with Crippen LogP contribution in [0.25, 0.3) is 0 Å². The fourth-order valence-electron chi connectivity index (χ4n) is 1.29. The fraction of sp³-hybridized carbons (Fsp3) is 0.538. The summed E-state index contributed by atoms with van der Waals surface area (Å²) in [4.78, 5) is 0. The van der Waals surface area contributed by atoms with E-state index in [0.29, 0.717) is 12.3 Å². The molecule has 1 aromatic rings. The van der Waals surface area contributed by atoms with Crippen molar-refractivity contribution >= 4 is 0 Å². The van der Waals surface area contributed by atoms with Crippen molar-refractivity contribution in [2.45, 2.75) is 39.3 Å². The Morgan fingerprint density at radius 3 is 2.62 bits per heavy atom. The SMILES string of the molecule is CCC(C)(C)NCc1cc(OC)ccc1O. The smallest absolute Gasteiger partial charge is 0.120 e. The first kappa shape index (κ1) is 12.8. The summed E-state index contributed by atoms with van der Waals surface area (Å²) in [6, 6.07) is 5.27. The first-order valence-electron chi connectivity index (χ1n) is 5.59. The van der Waals surface area contributed by atoms with Gasteiger partial charge in [-0.15, -0.1) is 0 Å². The van der Waals surface area contributed by atoms with E-state index in [-0.39, 0.29) is 5.54 Å². The third-order valence-corrected chi connectivity index (χ3v) is 2.93. The molecular weight excluding hydrogens is 202 g/mol. The summed E-state index contributed by atoms with van der Waals surface area (Å²) in [5, 5.41) is 13.1.